The Labute approximate surface area is 435 Å². The Morgan fingerprint density at radius 2 is 1.21 bits per heavy atom. The molecule has 4 heterocycles. The number of ketones is 2. The summed E-state index contributed by atoms with van der Waals surface area (Å²) in [6, 6.07) is 0. The van der Waals surface area contributed by atoms with Crippen molar-refractivity contribution in [1.29, 1.82) is 0 Å². The van der Waals surface area contributed by atoms with Crippen LogP contribution in [0.25, 0.3) is 0 Å². The number of fused-ring (bicyclic) bond motifs is 5. The first kappa shape index (κ1) is 59.6. The van der Waals surface area contributed by atoms with Crippen LogP contribution in [0.4, 0.5) is 0 Å². The summed E-state index contributed by atoms with van der Waals surface area (Å²) in [4.78, 5) is 28.1. The molecular weight excluding hydrogens is 997 g/mol. The lowest BCUT2D eigenvalue weighted by atomic mass is 9.42. The van der Waals surface area contributed by atoms with Crippen molar-refractivity contribution in [2.24, 2.45) is 46.3 Å². The minimum atomic E-state index is -1.84. The van der Waals surface area contributed by atoms with Gasteiger partial charge in [0.2, 0.25) is 0 Å². The van der Waals surface area contributed by atoms with Crippen molar-refractivity contribution >= 4 is 11.6 Å². The molecule has 0 radical (unpaired) electrons. The molecule has 0 bridgehead atoms. The molecule has 0 spiro atoms. The third-order valence-electron chi connectivity index (χ3n) is 19.3. The molecule has 4 saturated heterocycles. The fourth-order valence-electron chi connectivity index (χ4n) is 14.6. The molecule has 8 aliphatic rings. The zero-order valence-electron chi connectivity index (χ0n) is 43.5. The van der Waals surface area contributed by atoms with Gasteiger partial charge >= 0.3 is 0 Å². The third kappa shape index (κ3) is 10.8. The third-order valence-corrected chi connectivity index (χ3v) is 19.3. The number of Topliss-reactive ketones (excluding diaryl/α,β-unsaturated/α-hetero) is 2. The molecule has 0 unspecified atom stereocenters. The molecule has 4 saturated carbocycles. The second-order valence-corrected chi connectivity index (χ2v) is 23.9. The van der Waals surface area contributed by atoms with Crippen molar-refractivity contribution < 1.29 is 119 Å². The molecular formula is C51H84O24. The van der Waals surface area contributed by atoms with E-state index in [4.69, 9.17) is 37.9 Å². The van der Waals surface area contributed by atoms with Gasteiger partial charge in [-0.05, 0) is 81.5 Å². The highest BCUT2D eigenvalue weighted by Crippen LogP contribution is 2.69. The number of carbonyl (C=O) groups excluding carboxylic acids is 2. The van der Waals surface area contributed by atoms with Crippen LogP contribution in [0.3, 0.4) is 0 Å². The van der Waals surface area contributed by atoms with Crippen LogP contribution in [-0.4, -0.2) is 244 Å². The van der Waals surface area contributed by atoms with E-state index < -0.39 is 177 Å². The number of aliphatic hydroxyl groups excluding tert-OH is 13. The van der Waals surface area contributed by atoms with Crippen LogP contribution in [0.15, 0.2) is 0 Å². The summed E-state index contributed by atoms with van der Waals surface area (Å²) >= 11 is 0. The lowest BCUT2D eigenvalue weighted by Crippen LogP contribution is -2.69. The van der Waals surface area contributed by atoms with Gasteiger partial charge in [-0.1, -0.05) is 27.7 Å². The topological polar surface area (TPSA) is 391 Å². The maximum atomic E-state index is 14.2. The Balaban J connectivity index is 0.931. The molecule has 0 amide bonds. The van der Waals surface area contributed by atoms with Gasteiger partial charge in [0.25, 0.3) is 0 Å². The van der Waals surface area contributed by atoms with Crippen LogP contribution in [0.2, 0.25) is 0 Å². The van der Waals surface area contributed by atoms with Crippen LogP contribution in [0.5, 0.6) is 0 Å². The van der Waals surface area contributed by atoms with Gasteiger partial charge in [-0.2, -0.15) is 0 Å². The molecule has 14 N–H and O–H groups in total. The number of aliphatic hydroxyl groups is 14. The van der Waals surface area contributed by atoms with Gasteiger partial charge in [-0.3, -0.25) is 9.59 Å². The van der Waals surface area contributed by atoms with Crippen LogP contribution >= 0.6 is 0 Å². The summed E-state index contributed by atoms with van der Waals surface area (Å²) in [6.45, 7) is 9.16. The van der Waals surface area contributed by atoms with Crippen LogP contribution in [-0.2, 0) is 47.5 Å². The number of rotatable bonds is 16. The Morgan fingerprint density at radius 1 is 0.653 bits per heavy atom. The zero-order chi connectivity index (χ0) is 55.0. The molecule has 24 heteroatoms. The highest BCUT2D eigenvalue weighted by Gasteiger charge is 2.69. The average Bonchev–Trinajstić information content (AvgIpc) is 3.67. The standard InChI is InChI=1S/C51H84O24/c1-19(18-68-45-39(63)38(62)35(59)29(16-52)72-45)7-8-27(54)20(2)32-28(55)14-26-24-13-31(56)51(67)15-23(9-12-50(51,6)25(24)10-11-49(26,32)5)71-48-44(75-47-41(65)37(61)34(58)22(4)70-47)42(66)43(30(17-53)73-48)74-46-40(64)36(60)33(57)21(3)69-46/h19-26,29-48,52-53,56-67H,7-18H2,1-6H3/t19-,20-,21+,22+,23+,24-,25+,26+,29-,30-,31-,32+,33+,34+,35-,36-,37-,38+,39-,40-,41-,42+,43-,44-,45-,46+,47+,48-,49+,50-,51+/m1/s1. The largest absolute Gasteiger partial charge is 0.394 e. The highest BCUT2D eigenvalue weighted by molar-refractivity contribution is 5.92. The van der Waals surface area contributed by atoms with Crippen molar-refractivity contribution in [2.45, 2.75) is 240 Å². The lowest BCUT2D eigenvalue weighted by molar-refractivity contribution is -0.391. The monoisotopic (exact) mass is 1080 g/mol. The molecule has 4 aliphatic carbocycles. The molecule has 8 fully saturated rings. The van der Waals surface area contributed by atoms with Crippen LogP contribution in [0, 0.1) is 46.3 Å². The minimum Gasteiger partial charge on any atom is -0.394 e. The molecule has 8 rings (SSSR count). The second-order valence-electron chi connectivity index (χ2n) is 23.9. The van der Waals surface area contributed by atoms with Gasteiger partial charge in [0, 0.05) is 36.5 Å². The van der Waals surface area contributed by atoms with Gasteiger partial charge in [-0.15, -0.1) is 0 Å². The maximum absolute atomic E-state index is 14.2. The molecule has 4 aliphatic heterocycles. The predicted molar refractivity (Wildman–Crippen MR) is 252 cm³/mol. The van der Waals surface area contributed by atoms with Gasteiger partial charge in [0.1, 0.15) is 97.0 Å². The summed E-state index contributed by atoms with van der Waals surface area (Å²) in [5.74, 6) is -1.98. The van der Waals surface area contributed by atoms with Crippen LogP contribution < -0.4 is 0 Å². The van der Waals surface area contributed by atoms with E-state index >= 15 is 0 Å². The molecule has 31 atom stereocenters. The van der Waals surface area contributed by atoms with Crippen molar-refractivity contribution in [3.8, 4) is 0 Å². The van der Waals surface area contributed by atoms with E-state index in [2.05, 4.69) is 6.92 Å². The van der Waals surface area contributed by atoms with Crippen molar-refractivity contribution in [3.05, 3.63) is 0 Å². The molecule has 75 heavy (non-hydrogen) atoms. The maximum Gasteiger partial charge on any atom is 0.187 e. The van der Waals surface area contributed by atoms with Crippen LogP contribution in [0.1, 0.15) is 99.3 Å². The molecule has 0 aromatic heterocycles. The normalized spacial score (nSPS) is 53.1. The van der Waals surface area contributed by atoms with E-state index in [1.54, 1.807) is 6.92 Å². The summed E-state index contributed by atoms with van der Waals surface area (Å²) in [6.07, 6.45) is -30.2. The Kier molecular flexibility index (Phi) is 18.4. The summed E-state index contributed by atoms with van der Waals surface area (Å²) in [7, 11) is 0. The Bertz CT molecular complexity index is 1950. The van der Waals surface area contributed by atoms with Crippen molar-refractivity contribution in [1.82, 2.24) is 0 Å². The Morgan fingerprint density at radius 3 is 1.81 bits per heavy atom. The smallest absolute Gasteiger partial charge is 0.187 e. The zero-order valence-corrected chi connectivity index (χ0v) is 43.5. The SMILES string of the molecule is C[C@H](CCC(=O)[C@@H](C)[C@H]1C(=O)C[C@H]2[C@@H]3C[C@@H](O)[C@@]4(O)C[C@@H](O[C@@H]5O[C@H](CO)[C@@H](O[C@@H]6O[C@@H](C)[C@H](O)[C@@H](O)[C@H]6O)[C@H](O)[C@H]5O[C@@H]5O[C@@H](C)[C@H](O)[C@@H](O)[C@H]5O)CC[C@]4(C)[C@H]3CC[C@]12C)CO[C@@H]1O[C@H](CO)[C@@H](O)[C@H](O)[C@H]1O. The number of hydrogen-bond acceptors (Lipinski definition) is 24. The fourth-order valence-corrected chi connectivity index (χ4v) is 14.6. The molecule has 432 valence electrons. The van der Waals surface area contributed by atoms with Gasteiger partial charge in [-0.25, -0.2) is 0 Å². The first-order valence-electron chi connectivity index (χ1n) is 26.9. The minimum absolute atomic E-state index is 0.0134. The van der Waals surface area contributed by atoms with Crippen molar-refractivity contribution in [3.63, 3.8) is 0 Å². The molecule has 0 aromatic carbocycles. The predicted octanol–water partition coefficient (Wildman–Crippen LogP) is -3.76. The van der Waals surface area contributed by atoms with Gasteiger partial charge in [0.05, 0.1) is 49.8 Å². The number of carbonyl (C=O) groups is 2. The van der Waals surface area contributed by atoms with Crippen molar-refractivity contribution in [2.75, 3.05) is 19.8 Å². The van der Waals surface area contributed by atoms with E-state index in [9.17, 15) is 81.1 Å². The van der Waals surface area contributed by atoms with E-state index in [0.717, 1.165) is 0 Å². The van der Waals surface area contributed by atoms with Gasteiger partial charge in [0.15, 0.2) is 25.2 Å². The number of ether oxygens (including phenoxy) is 8. The molecule has 0 aromatic rings. The summed E-state index contributed by atoms with van der Waals surface area (Å²) in [5.41, 5.74) is -3.19. The van der Waals surface area contributed by atoms with E-state index in [1.165, 1.54) is 13.8 Å². The fraction of sp³-hybridized carbons (Fsp3) is 0.961. The second kappa shape index (κ2) is 23.1. The van der Waals surface area contributed by atoms with E-state index in [1.807, 2.05) is 13.8 Å². The first-order valence-corrected chi connectivity index (χ1v) is 26.9. The van der Waals surface area contributed by atoms with E-state index in [-0.39, 0.29) is 67.5 Å². The summed E-state index contributed by atoms with van der Waals surface area (Å²) < 4.78 is 47.3. The van der Waals surface area contributed by atoms with Gasteiger partial charge < -0.3 is 109 Å². The Hall–Kier alpha value is -1.54. The first-order chi connectivity index (χ1) is 35.2. The van der Waals surface area contributed by atoms with E-state index in [0.29, 0.717) is 32.1 Å². The highest BCUT2D eigenvalue weighted by atomic mass is 16.8. The molecule has 24 nitrogen and oxygen atoms in total. The number of hydrogen-bond donors (Lipinski definition) is 14. The summed E-state index contributed by atoms with van der Waals surface area (Å²) in [5, 5.41) is 151. The lowest BCUT2D eigenvalue weighted by Gasteiger charge is -2.65. The quantitative estimate of drug-likeness (QED) is 0.0660. The average molecular weight is 1080 g/mol.